The fourth-order valence-corrected chi connectivity index (χ4v) is 6.67. The third kappa shape index (κ3) is 4.23. The van der Waals surface area contributed by atoms with Crippen LogP contribution in [0.1, 0.15) is 49.7 Å². The molecule has 4 nitrogen and oxygen atoms in total. The van der Waals surface area contributed by atoms with Gasteiger partial charge in [-0.2, -0.15) is 0 Å². The molecule has 1 amide bonds. The maximum absolute atomic E-state index is 13.5. The molecule has 0 radical (unpaired) electrons. The van der Waals surface area contributed by atoms with E-state index in [1.807, 2.05) is 30.3 Å². The molecule has 2 aromatic carbocycles. The number of aliphatic hydroxyl groups is 1. The Kier molecular flexibility index (Phi) is 6.34. The highest BCUT2D eigenvalue weighted by Crippen LogP contribution is 2.43. The normalized spacial score (nSPS) is 27.8. The van der Waals surface area contributed by atoms with Gasteiger partial charge in [0.05, 0.1) is 0 Å². The predicted octanol–water partition coefficient (Wildman–Crippen LogP) is 4.34. The number of piperidine rings is 1. The van der Waals surface area contributed by atoms with Gasteiger partial charge in [-0.1, -0.05) is 73.5 Å². The summed E-state index contributed by atoms with van der Waals surface area (Å²) in [5.74, 6) is 1.61. The summed E-state index contributed by atoms with van der Waals surface area (Å²) in [7, 11) is 0. The number of carbonyl (C=O) groups is 1. The van der Waals surface area contributed by atoms with Crippen molar-refractivity contribution in [3.8, 4) is 0 Å². The quantitative estimate of drug-likeness (QED) is 0.684. The van der Waals surface area contributed by atoms with Crippen molar-refractivity contribution in [2.75, 3.05) is 19.6 Å². The van der Waals surface area contributed by atoms with Gasteiger partial charge in [0, 0.05) is 32.1 Å². The largest absolute Gasteiger partial charge is 0.375 e. The molecule has 2 bridgehead atoms. The molecule has 2 aliphatic carbocycles. The van der Waals surface area contributed by atoms with Crippen molar-refractivity contribution in [3.05, 3.63) is 71.8 Å². The van der Waals surface area contributed by atoms with Crippen LogP contribution in [-0.2, 0) is 16.9 Å². The van der Waals surface area contributed by atoms with Gasteiger partial charge in [-0.3, -0.25) is 9.69 Å². The van der Waals surface area contributed by atoms with Gasteiger partial charge in [-0.15, -0.1) is 0 Å². The molecule has 3 fully saturated rings. The van der Waals surface area contributed by atoms with Crippen molar-refractivity contribution in [2.45, 2.75) is 50.7 Å². The molecule has 5 rings (SSSR count). The number of nitrogens with one attached hydrogen (secondary N) is 1. The molecule has 3 unspecified atom stereocenters. The first-order valence-corrected chi connectivity index (χ1v) is 12.5. The summed E-state index contributed by atoms with van der Waals surface area (Å²) < 4.78 is 0. The number of amides is 1. The Hall–Kier alpha value is -2.17. The Morgan fingerprint density at radius 1 is 0.906 bits per heavy atom. The van der Waals surface area contributed by atoms with Crippen LogP contribution in [0.25, 0.3) is 0 Å². The average molecular weight is 433 g/mol. The monoisotopic (exact) mass is 432 g/mol. The maximum Gasteiger partial charge on any atom is 0.256 e. The van der Waals surface area contributed by atoms with Gasteiger partial charge in [-0.25, -0.2) is 0 Å². The first kappa shape index (κ1) is 21.7. The van der Waals surface area contributed by atoms with Crippen molar-refractivity contribution in [1.82, 2.24) is 10.2 Å². The van der Waals surface area contributed by atoms with Gasteiger partial charge in [-0.05, 0) is 54.6 Å². The van der Waals surface area contributed by atoms with E-state index in [-0.39, 0.29) is 11.8 Å². The molecule has 2 aromatic rings. The molecule has 0 aromatic heterocycles. The van der Waals surface area contributed by atoms with Crippen molar-refractivity contribution < 1.29 is 9.90 Å². The van der Waals surface area contributed by atoms with Crippen LogP contribution in [0.3, 0.4) is 0 Å². The SMILES string of the molecule is O=C(NCC1C2CCC1CN(Cc1ccccc1)C2)C(O)(c1ccccc1)C1CCCC1. The van der Waals surface area contributed by atoms with Crippen LogP contribution in [0.5, 0.6) is 0 Å². The third-order valence-electron chi connectivity index (χ3n) is 8.36. The minimum atomic E-state index is -1.41. The Morgan fingerprint density at radius 3 is 2.12 bits per heavy atom. The second-order valence-corrected chi connectivity index (χ2v) is 10.3. The van der Waals surface area contributed by atoms with Crippen molar-refractivity contribution in [3.63, 3.8) is 0 Å². The van der Waals surface area contributed by atoms with Crippen molar-refractivity contribution in [1.29, 1.82) is 0 Å². The molecule has 170 valence electrons. The predicted molar refractivity (Wildman–Crippen MR) is 127 cm³/mol. The number of hydrogen-bond acceptors (Lipinski definition) is 3. The van der Waals surface area contributed by atoms with Gasteiger partial charge in [0.1, 0.15) is 0 Å². The van der Waals surface area contributed by atoms with Crippen LogP contribution in [0.2, 0.25) is 0 Å². The second kappa shape index (κ2) is 9.36. The Morgan fingerprint density at radius 2 is 1.50 bits per heavy atom. The fraction of sp³-hybridized carbons (Fsp3) is 0.536. The summed E-state index contributed by atoms with van der Waals surface area (Å²) in [6, 6.07) is 20.3. The lowest BCUT2D eigenvalue weighted by atomic mass is 9.79. The standard InChI is InChI=1S/C28H36N2O2/c31-27(28(32,25-13-7-8-14-25)24-11-5-2-6-12-24)29-17-26-22-15-16-23(26)20-30(19-22)18-21-9-3-1-4-10-21/h1-6,9-12,22-23,25-26,32H,7-8,13-20H2,(H,29,31). The third-order valence-corrected chi connectivity index (χ3v) is 8.36. The molecule has 3 atom stereocenters. The first-order valence-electron chi connectivity index (χ1n) is 12.5. The number of fused-ring (bicyclic) bond motifs is 2. The number of nitrogens with zero attached hydrogens (tertiary/aromatic N) is 1. The number of carbonyl (C=O) groups excluding carboxylic acids is 1. The zero-order chi connectivity index (χ0) is 22.0. The van der Waals surface area contributed by atoms with Gasteiger partial charge in [0.15, 0.2) is 5.60 Å². The number of hydrogen-bond donors (Lipinski definition) is 2. The molecule has 1 heterocycles. The van der Waals surface area contributed by atoms with Gasteiger partial charge in [0.2, 0.25) is 0 Å². The Labute approximate surface area is 192 Å². The van der Waals surface area contributed by atoms with Crippen LogP contribution in [-0.4, -0.2) is 35.5 Å². The van der Waals surface area contributed by atoms with E-state index in [1.165, 1.54) is 18.4 Å². The number of rotatable bonds is 7. The van der Waals surface area contributed by atoms with E-state index in [0.29, 0.717) is 24.3 Å². The molecule has 1 aliphatic heterocycles. The molecule has 2 N–H and O–H groups in total. The highest BCUT2D eigenvalue weighted by molar-refractivity contribution is 5.86. The summed E-state index contributed by atoms with van der Waals surface area (Å²) in [5, 5.41) is 14.9. The van der Waals surface area contributed by atoms with E-state index in [9.17, 15) is 9.90 Å². The van der Waals surface area contributed by atoms with E-state index in [1.54, 1.807) is 0 Å². The molecule has 0 spiro atoms. The molecular weight excluding hydrogens is 396 g/mol. The topological polar surface area (TPSA) is 52.6 Å². The van der Waals surface area contributed by atoms with Gasteiger partial charge >= 0.3 is 0 Å². The summed E-state index contributed by atoms with van der Waals surface area (Å²) in [6.45, 7) is 3.92. The van der Waals surface area contributed by atoms with Crippen LogP contribution in [0.4, 0.5) is 0 Å². The molecule has 4 heteroatoms. The molecule has 3 aliphatic rings. The van der Waals surface area contributed by atoms with E-state index in [2.05, 4.69) is 40.5 Å². The van der Waals surface area contributed by atoms with E-state index >= 15 is 0 Å². The summed E-state index contributed by atoms with van der Waals surface area (Å²) in [5.41, 5.74) is 0.707. The first-order chi connectivity index (χ1) is 15.6. The van der Waals surface area contributed by atoms with Crippen LogP contribution in [0.15, 0.2) is 60.7 Å². The van der Waals surface area contributed by atoms with E-state index < -0.39 is 5.60 Å². The number of benzene rings is 2. The van der Waals surface area contributed by atoms with Crippen LogP contribution < -0.4 is 5.32 Å². The lowest BCUT2D eigenvalue weighted by Crippen LogP contribution is -2.52. The zero-order valence-electron chi connectivity index (χ0n) is 19.0. The van der Waals surface area contributed by atoms with Crippen LogP contribution >= 0.6 is 0 Å². The molecule has 32 heavy (non-hydrogen) atoms. The fourth-order valence-electron chi connectivity index (χ4n) is 6.67. The van der Waals surface area contributed by atoms with Crippen molar-refractivity contribution >= 4 is 5.91 Å². The lowest BCUT2D eigenvalue weighted by molar-refractivity contribution is -0.147. The second-order valence-electron chi connectivity index (χ2n) is 10.3. The highest BCUT2D eigenvalue weighted by atomic mass is 16.3. The minimum Gasteiger partial charge on any atom is -0.375 e. The molecule has 1 saturated heterocycles. The zero-order valence-corrected chi connectivity index (χ0v) is 19.0. The van der Waals surface area contributed by atoms with Crippen LogP contribution in [0, 0.1) is 23.7 Å². The Balaban J connectivity index is 1.24. The molecular formula is C28H36N2O2. The summed E-state index contributed by atoms with van der Waals surface area (Å²) in [4.78, 5) is 16.1. The van der Waals surface area contributed by atoms with E-state index in [0.717, 1.165) is 50.9 Å². The average Bonchev–Trinajstić information content (AvgIpc) is 3.45. The smallest absolute Gasteiger partial charge is 0.256 e. The lowest BCUT2D eigenvalue weighted by Gasteiger charge is -2.39. The maximum atomic E-state index is 13.5. The van der Waals surface area contributed by atoms with Gasteiger partial charge < -0.3 is 10.4 Å². The van der Waals surface area contributed by atoms with Crippen molar-refractivity contribution in [2.24, 2.45) is 23.7 Å². The van der Waals surface area contributed by atoms with Gasteiger partial charge in [0.25, 0.3) is 5.91 Å². The Bertz CT molecular complexity index is 882. The molecule has 2 saturated carbocycles. The van der Waals surface area contributed by atoms with E-state index in [4.69, 9.17) is 0 Å². The summed E-state index contributed by atoms with van der Waals surface area (Å²) in [6.07, 6.45) is 6.53. The highest BCUT2D eigenvalue weighted by Gasteiger charge is 2.47. The minimum absolute atomic E-state index is 0.00865. The summed E-state index contributed by atoms with van der Waals surface area (Å²) >= 11 is 0. The number of likely N-dealkylation sites (tertiary alicyclic amines) is 1.